The average molecular weight is 454 g/mol. The maximum absolute atomic E-state index is 13.0. The molecule has 3 aromatic rings. The van der Waals surface area contributed by atoms with E-state index in [2.05, 4.69) is 15.0 Å². The van der Waals surface area contributed by atoms with Gasteiger partial charge >= 0.3 is 0 Å². The lowest BCUT2D eigenvalue weighted by atomic mass is 9.92. The molecule has 3 heterocycles. The number of sulfonamides is 1. The maximum Gasteiger partial charge on any atom is 0.276 e. The molecule has 1 fully saturated rings. The van der Waals surface area contributed by atoms with Gasteiger partial charge in [-0.1, -0.05) is 36.4 Å². The third kappa shape index (κ3) is 4.15. The van der Waals surface area contributed by atoms with Crippen LogP contribution in [0, 0.1) is 0 Å². The molecule has 2 aromatic heterocycles. The van der Waals surface area contributed by atoms with E-state index in [0.717, 1.165) is 29.7 Å². The van der Waals surface area contributed by atoms with Crippen LogP contribution in [-0.4, -0.2) is 64.6 Å². The maximum atomic E-state index is 13.0. The first-order chi connectivity index (χ1) is 15.5. The van der Waals surface area contributed by atoms with Gasteiger partial charge < -0.3 is 0 Å². The summed E-state index contributed by atoms with van der Waals surface area (Å²) in [6, 6.07) is 15.1. The van der Waals surface area contributed by atoms with Crippen molar-refractivity contribution in [3.8, 4) is 5.82 Å². The highest BCUT2D eigenvalue weighted by atomic mass is 32.2. The van der Waals surface area contributed by atoms with Gasteiger partial charge in [0.15, 0.2) is 5.82 Å². The fourth-order valence-electron chi connectivity index (χ4n) is 4.77. The number of aromatic nitrogens is 3. The van der Waals surface area contributed by atoms with Crippen molar-refractivity contribution in [3.63, 3.8) is 0 Å². The summed E-state index contributed by atoms with van der Waals surface area (Å²) < 4.78 is 28.8. The number of hydrogen-bond acceptors (Lipinski definition) is 5. The molecule has 1 saturated heterocycles. The zero-order chi connectivity index (χ0) is 22.1. The van der Waals surface area contributed by atoms with Crippen molar-refractivity contribution in [1.82, 2.24) is 24.0 Å². The van der Waals surface area contributed by atoms with Crippen LogP contribution in [-0.2, 0) is 28.6 Å². The van der Waals surface area contributed by atoms with E-state index in [4.69, 9.17) is 0 Å². The van der Waals surface area contributed by atoms with Gasteiger partial charge in [0.1, 0.15) is 0 Å². The lowest BCUT2D eigenvalue weighted by Gasteiger charge is -2.40. The third-order valence-electron chi connectivity index (χ3n) is 6.49. The standard InChI is InChI=1S/C23H27N5O3S/c29-23-20-16-19(9-10-21(20)25-28(23)22-8-4-5-11-24-22)26-12-14-27(15-13-26)32(30,31)17-18-6-2-1-3-7-18/h1-8,11,19,25H,9-10,12-17H2. The van der Waals surface area contributed by atoms with Crippen LogP contribution in [0.1, 0.15) is 23.2 Å². The van der Waals surface area contributed by atoms with Crippen LogP contribution >= 0.6 is 0 Å². The lowest BCUT2D eigenvalue weighted by molar-refractivity contribution is 0.126. The highest BCUT2D eigenvalue weighted by Crippen LogP contribution is 2.24. The molecule has 1 unspecified atom stereocenters. The lowest BCUT2D eigenvalue weighted by Crippen LogP contribution is -2.53. The summed E-state index contributed by atoms with van der Waals surface area (Å²) in [7, 11) is -3.33. The number of pyridine rings is 1. The predicted octanol–water partition coefficient (Wildman–Crippen LogP) is 1.57. The zero-order valence-electron chi connectivity index (χ0n) is 17.9. The Labute approximate surface area is 187 Å². The van der Waals surface area contributed by atoms with Crippen molar-refractivity contribution in [3.05, 3.63) is 81.9 Å². The Balaban J connectivity index is 1.24. The van der Waals surface area contributed by atoms with Crippen LogP contribution in [0.15, 0.2) is 59.5 Å². The summed E-state index contributed by atoms with van der Waals surface area (Å²) in [5, 5.41) is 3.23. The Morgan fingerprint density at radius 1 is 1.00 bits per heavy atom. The van der Waals surface area contributed by atoms with E-state index in [0.29, 0.717) is 38.4 Å². The summed E-state index contributed by atoms with van der Waals surface area (Å²) in [5.41, 5.74) is 2.59. The van der Waals surface area contributed by atoms with Crippen molar-refractivity contribution >= 4 is 10.0 Å². The molecule has 8 nitrogen and oxygen atoms in total. The number of aromatic amines is 1. The van der Waals surface area contributed by atoms with Crippen LogP contribution in [0.5, 0.6) is 0 Å². The van der Waals surface area contributed by atoms with E-state index in [9.17, 15) is 13.2 Å². The molecule has 0 amide bonds. The van der Waals surface area contributed by atoms with E-state index >= 15 is 0 Å². The number of nitrogens with zero attached hydrogens (tertiary/aromatic N) is 4. The number of fused-ring (bicyclic) bond motifs is 1. The minimum absolute atomic E-state index is 0.0347. The Morgan fingerprint density at radius 3 is 2.47 bits per heavy atom. The largest absolute Gasteiger partial charge is 0.297 e. The van der Waals surface area contributed by atoms with Gasteiger partial charge in [-0.3, -0.25) is 14.8 Å². The SMILES string of the molecule is O=c1c2c([nH]n1-c1ccccn1)CCC(N1CCN(S(=O)(=O)Cc3ccccc3)CC1)C2. The molecule has 1 aromatic carbocycles. The summed E-state index contributed by atoms with van der Waals surface area (Å²) in [4.78, 5) is 19.6. The van der Waals surface area contributed by atoms with Crippen molar-refractivity contribution in [2.24, 2.45) is 0 Å². The monoisotopic (exact) mass is 453 g/mol. The molecular weight excluding hydrogens is 426 g/mol. The number of aryl methyl sites for hydroxylation is 1. The van der Waals surface area contributed by atoms with Crippen molar-refractivity contribution in [1.29, 1.82) is 0 Å². The molecule has 1 aliphatic heterocycles. The second-order valence-electron chi connectivity index (χ2n) is 8.47. The Morgan fingerprint density at radius 2 is 1.75 bits per heavy atom. The van der Waals surface area contributed by atoms with Crippen LogP contribution in [0.4, 0.5) is 0 Å². The van der Waals surface area contributed by atoms with Gasteiger partial charge in [0.05, 0.1) is 5.75 Å². The van der Waals surface area contributed by atoms with E-state index in [1.807, 2.05) is 48.5 Å². The predicted molar refractivity (Wildman–Crippen MR) is 122 cm³/mol. The Hall–Kier alpha value is -2.75. The first-order valence-electron chi connectivity index (χ1n) is 11.0. The fraction of sp³-hybridized carbons (Fsp3) is 0.391. The smallest absolute Gasteiger partial charge is 0.276 e. The van der Waals surface area contributed by atoms with Gasteiger partial charge in [0.25, 0.3) is 5.56 Å². The second-order valence-corrected chi connectivity index (χ2v) is 10.4. The minimum atomic E-state index is -3.33. The van der Waals surface area contributed by atoms with Crippen LogP contribution in [0.2, 0.25) is 0 Å². The molecule has 0 bridgehead atoms. The number of piperazine rings is 1. The Kier molecular flexibility index (Phi) is 5.71. The number of rotatable bonds is 5. The summed E-state index contributed by atoms with van der Waals surface area (Å²) in [5.74, 6) is 0.637. The van der Waals surface area contributed by atoms with Crippen molar-refractivity contribution < 1.29 is 8.42 Å². The summed E-state index contributed by atoms with van der Waals surface area (Å²) in [6.45, 7) is 2.35. The number of H-pyrrole nitrogens is 1. The molecule has 0 radical (unpaired) electrons. The van der Waals surface area contributed by atoms with E-state index < -0.39 is 10.0 Å². The fourth-order valence-corrected chi connectivity index (χ4v) is 6.28. The van der Waals surface area contributed by atoms with Crippen LogP contribution in [0.3, 0.4) is 0 Å². The molecule has 1 atom stereocenters. The van der Waals surface area contributed by atoms with E-state index in [1.165, 1.54) is 4.68 Å². The molecule has 1 aliphatic carbocycles. The van der Waals surface area contributed by atoms with Gasteiger partial charge in [-0.05, 0) is 37.0 Å². The Bertz CT molecular complexity index is 1230. The summed E-state index contributed by atoms with van der Waals surface area (Å²) in [6.07, 6.45) is 4.12. The summed E-state index contributed by atoms with van der Waals surface area (Å²) >= 11 is 0. The molecule has 168 valence electrons. The van der Waals surface area contributed by atoms with Crippen molar-refractivity contribution in [2.75, 3.05) is 26.2 Å². The van der Waals surface area contributed by atoms with Gasteiger partial charge in [-0.2, -0.15) is 4.31 Å². The number of hydrogen-bond donors (Lipinski definition) is 1. The minimum Gasteiger partial charge on any atom is -0.297 e. The third-order valence-corrected chi connectivity index (χ3v) is 8.34. The molecule has 0 spiro atoms. The molecular formula is C23H27N5O3S. The van der Waals surface area contributed by atoms with Gasteiger partial charge in [0, 0.05) is 49.7 Å². The quantitative estimate of drug-likeness (QED) is 0.633. The molecule has 5 rings (SSSR count). The zero-order valence-corrected chi connectivity index (χ0v) is 18.7. The first kappa shape index (κ1) is 21.1. The average Bonchev–Trinajstić information content (AvgIpc) is 3.16. The van der Waals surface area contributed by atoms with E-state index in [-0.39, 0.29) is 17.4 Å². The molecule has 32 heavy (non-hydrogen) atoms. The highest BCUT2D eigenvalue weighted by molar-refractivity contribution is 7.88. The van der Waals surface area contributed by atoms with Crippen LogP contribution < -0.4 is 5.56 Å². The van der Waals surface area contributed by atoms with Crippen molar-refractivity contribution in [2.45, 2.75) is 31.1 Å². The van der Waals surface area contributed by atoms with E-state index in [1.54, 1.807) is 10.5 Å². The second kappa shape index (κ2) is 8.65. The molecule has 9 heteroatoms. The van der Waals surface area contributed by atoms with Gasteiger partial charge in [0.2, 0.25) is 10.0 Å². The molecule has 0 saturated carbocycles. The molecule has 2 aliphatic rings. The van der Waals surface area contributed by atoms with Crippen LogP contribution in [0.25, 0.3) is 5.82 Å². The highest BCUT2D eigenvalue weighted by Gasteiger charge is 2.33. The molecule has 1 N–H and O–H groups in total. The first-order valence-corrected chi connectivity index (χ1v) is 12.6. The van der Waals surface area contributed by atoms with Gasteiger partial charge in [-0.15, -0.1) is 0 Å². The number of nitrogens with one attached hydrogen (secondary N) is 1. The topological polar surface area (TPSA) is 91.3 Å². The normalized spacial score (nSPS) is 20.2. The van der Waals surface area contributed by atoms with Gasteiger partial charge in [-0.25, -0.2) is 18.1 Å². The number of benzene rings is 1.